The topological polar surface area (TPSA) is 90.4 Å². The van der Waals surface area contributed by atoms with Crippen molar-refractivity contribution in [2.75, 3.05) is 31.6 Å². The third-order valence-corrected chi connectivity index (χ3v) is 9.11. The van der Waals surface area contributed by atoms with E-state index in [-0.39, 0.29) is 36.8 Å². The van der Waals surface area contributed by atoms with Crippen molar-refractivity contribution in [3.8, 4) is 0 Å². The number of likely N-dealkylation sites (N-methyl/N-ethyl adjacent to an activating group) is 1. The number of carbonyl (C=O) groups excluding carboxylic acids is 3. The summed E-state index contributed by atoms with van der Waals surface area (Å²) in [4.78, 5) is 47.6. The van der Waals surface area contributed by atoms with Crippen molar-refractivity contribution in [2.24, 2.45) is 17.8 Å². The lowest BCUT2D eigenvalue weighted by Gasteiger charge is -2.41. The predicted octanol–water partition coefficient (Wildman–Crippen LogP) is 3.25. The van der Waals surface area contributed by atoms with E-state index in [0.717, 1.165) is 23.2 Å². The van der Waals surface area contributed by atoms with E-state index in [1.807, 2.05) is 45.9 Å². The Kier molecular flexibility index (Phi) is 8.38. The molecule has 2 bridgehead atoms. The molecule has 1 aromatic carbocycles. The molecule has 1 N–H and O–H groups in total. The van der Waals surface area contributed by atoms with Gasteiger partial charge in [0.2, 0.25) is 11.8 Å². The third kappa shape index (κ3) is 4.61. The molecule has 1 aromatic rings. The first kappa shape index (κ1) is 29.0. The highest BCUT2D eigenvalue weighted by Gasteiger charge is 2.75. The van der Waals surface area contributed by atoms with Crippen LogP contribution >= 0.6 is 0 Å². The van der Waals surface area contributed by atoms with E-state index >= 15 is 0 Å². The monoisotopic (exact) mass is 537 g/mol. The lowest BCUT2D eigenvalue weighted by Crippen LogP contribution is -2.60. The number of hydrogen-bond acceptors (Lipinski definition) is 5. The van der Waals surface area contributed by atoms with Crippen LogP contribution in [0, 0.1) is 31.6 Å². The fourth-order valence-electron chi connectivity index (χ4n) is 6.96. The summed E-state index contributed by atoms with van der Waals surface area (Å²) in [5, 5.41) is 10.5. The van der Waals surface area contributed by atoms with Crippen LogP contribution < -0.4 is 4.90 Å². The minimum Gasteiger partial charge on any atom is -0.394 e. The van der Waals surface area contributed by atoms with Gasteiger partial charge in [-0.2, -0.15) is 0 Å². The number of aliphatic hydroxyl groups is 1. The van der Waals surface area contributed by atoms with Gasteiger partial charge in [0.1, 0.15) is 11.6 Å². The summed E-state index contributed by atoms with van der Waals surface area (Å²) in [6.45, 7) is 15.9. The maximum atomic E-state index is 14.7. The molecule has 7 atom stereocenters. The second-order valence-electron chi connectivity index (χ2n) is 11.5. The van der Waals surface area contributed by atoms with Gasteiger partial charge in [0, 0.05) is 25.8 Å². The molecule has 2 unspecified atom stereocenters. The highest BCUT2D eigenvalue weighted by Crippen LogP contribution is 2.59. The largest absolute Gasteiger partial charge is 0.394 e. The highest BCUT2D eigenvalue weighted by molar-refractivity contribution is 6.05. The molecule has 212 valence electrons. The summed E-state index contributed by atoms with van der Waals surface area (Å²) in [5.41, 5.74) is 1.56. The minimum absolute atomic E-state index is 0.0622. The van der Waals surface area contributed by atoms with E-state index in [9.17, 15) is 19.5 Å². The number of carbonyl (C=O) groups is 3. The van der Waals surface area contributed by atoms with Crippen molar-refractivity contribution in [1.82, 2.24) is 9.80 Å². The number of aryl methyl sites for hydroxylation is 2. The summed E-state index contributed by atoms with van der Waals surface area (Å²) in [6, 6.07) is 4.40. The van der Waals surface area contributed by atoms with Gasteiger partial charge in [-0.25, -0.2) is 0 Å². The average molecular weight is 538 g/mol. The van der Waals surface area contributed by atoms with E-state index < -0.39 is 35.6 Å². The molecule has 8 heteroatoms. The SMILES string of the molecule is C=CCN(C)C(=O)[C@@H]1[C@@H]2CCC3(O2)C(C(=O)N(CC=C)c2cc(C)ccc2C)N([C@@H](CO)[C@@H](C)CC)C(=O)[C@H]13. The van der Waals surface area contributed by atoms with Crippen molar-refractivity contribution < 1.29 is 24.2 Å². The number of likely N-dealkylation sites (tertiary alicyclic amines) is 1. The van der Waals surface area contributed by atoms with E-state index in [1.54, 1.807) is 33.9 Å². The van der Waals surface area contributed by atoms with Crippen LogP contribution in [0.5, 0.6) is 0 Å². The number of rotatable bonds is 11. The Morgan fingerprint density at radius 1 is 1.23 bits per heavy atom. The predicted molar refractivity (Wildman–Crippen MR) is 151 cm³/mol. The van der Waals surface area contributed by atoms with Gasteiger partial charge < -0.3 is 24.5 Å². The average Bonchev–Trinajstić information content (AvgIpc) is 3.56. The molecule has 3 heterocycles. The molecule has 0 aliphatic carbocycles. The second-order valence-corrected chi connectivity index (χ2v) is 11.5. The summed E-state index contributed by atoms with van der Waals surface area (Å²) < 4.78 is 6.62. The molecule has 3 fully saturated rings. The second kappa shape index (κ2) is 11.3. The molecule has 0 radical (unpaired) electrons. The van der Waals surface area contributed by atoms with Crippen LogP contribution in [-0.2, 0) is 19.1 Å². The maximum Gasteiger partial charge on any atom is 0.253 e. The standard InChI is InChI=1S/C31H43N3O5/c1-8-15-32(7)28(36)25-24-13-14-31(39-24)26(25)29(37)34(23(18-35)20(5)10-3)27(31)30(38)33(16-9-2)22-17-19(4)11-12-21(22)6/h8-9,11-12,17,20,23-27,35H,1-2,10,13-16,18H2,3-7H3/t20-,23-,24-,25+,26-,27?,31?/m0/s1. The summed E-state index contributed by atoms with van der Waals surface area (Å²) in [6.07, 6.45) is 4.72. The fraction of sp³-hybridized carbons (Fsp3) is 0.581. The Labute approximate surface area is 232 Å². The molecule has 4 rings (SSSR count). The molecule has 1 spiro atoms. The zero-order chi connectivity index (χ0) is 28.6. The van der Waals surface area contributed by atoms with Crippen LogP contribution in [0.1, 0.15) is 44.2 Å². The van der Waals surface area contributed by atoms with Crippen molar-refractivity contribution in [3.05, 3.63) is 54.6 Å². The summed E-state index contributed by atoms with van der Waals surface area (Å²) >= 11 is 0. The van der Waals surface area contributed by atoms with E-state index in [4.69, 9.17) is 4.74 Å². The molecule has 0 aromatic heterocycles. The van der Waals surface area contributed by atoms with Crippen molar-refractivity contribution >= 4 is 23.4 Å². The number of amides is 3. The Balaban J connectivity index is 1.86. The molecular weight excluding hydrogens is 494 g/mol. The van der Waals surface area contributed by atoms with E-state index in [1.165, 1.54) is 0 Å². The summed E-state index contributed by atoms with van der Waals surface area (Å²) in [5.74, 6) is -2.25. The normalized spacial score (nSPS) is 28.7. The number of benzene rings is 1. The van der Waals surface area contributed by atoms with Crippen LogP contribution in [0.25, 0.3) is 0 Å². The highest BCUT2D eigenvalue weighted by atomic mass is 16.5. The molecular formula is C31H43N3O5. The number of ether oxygens (including phenoxy) is 1. The maximum absolute atomic E-state index is 14.7. The van der Waals surface area contributed by atoms with E-state index in [2.05, 4.69) is 13.2 Å². The Hall–Kier alpha value is -2.97. The number of hydrogen-bond donors (Lipinski definition) is 1. The number of anilines is 1. The first-order valence-corrected chi connectivity index (χ1v) is 14.0. The molecule has 3 aliphatic heterocycles. The molecule has 3 amide bonds. The number of fused-ring (bicyclic) bond motifs is 1. The molecule has 39 heavy (non-hydrogen) atoms. The fourth-order valence-corrected chi connectivity index (χ4v) is 6.96. The van der Waals surface area contributed by atoms with Gasteiger partial charge >= 0.3 is 0 Å². The quantitative estimate of drug-likeness (QED) is 0.438. The van der Waals surface area contributed by atoms with Crippen molar-refractivity contribution in [3.63, 3.8) is 0 Å². The lowest BCUT2D eigenvalue weighted by atomic mass is 9.70. The smallest absolute Gasteiger partial charge is 0.253 e. The van der Waals surface area contributed by atoms with Gasteiger partial charge in [0.25, 0.3) is 5.91 Å². The van der Waals surface area contributed by atoms with Gasteiger partial charge in [-0.15, -0.1) is 13.2 Å². The first-order valence-electron chi connectivity index (χ1n) is 14.0. The minimum atomic E-state index is -1.13. The Morgan fingerprint density at radius 2 is 1.92 bits per heavy atom. The zero-order valence-electron chi connectivity index (χ0n) is 23.9. The molecule has 3 aliphatic rings. The van der Waals surface area contributed by atoms with Crippen molar-refractivity contribution in [1.29, 1.82) is 0 Å². The van der Waals surface area contributed by atoms with E-state index in [0.29, 0.717) is 19.4 Å². The van der Waals surface area contributed by atoms with Crippen LogP contribution in [0.2, 0.25) is 0 Å². The van der Waals surface area contributed by atoms with Crippen LogP contribution in [-0.4, -0.2) is 83.2 Å². The first-order chi connectivity index (χ1) is 18.6. The number of aliphatic hydroxyl groups excluding tert-OH is 1. The van der Waals surface area contributed by atoms with Gasteiger partial charge in [-0.1, -0.05) is 44.6 Å². The molecule has 8 nitrogen and oxygen atoms in total. The zero-order valence-corrected chi connectivity index (χ0v) is 23.9. The lowest BCUT2D eigenvalue weighted by molar-refractivity contribution is -0.148. The van der Waals surface area contributed by atoms with Crippen LogP contribution in [0.4, 0.5) is 5.69 Å². The van der Waals surface area contributed by atoms with Crippen LogP contribution in [0.3, 0.4) is 0 Å². The number of nitrogens with zero attached hydrogens (tertiary/aromatic N) is 3. The summed E-state index contributed by atoms with van der Waals surface area (Å²) in [7, 11) is 1.70. The Morgan fingerprint density at radius 3 is 2.54 bits per heavy atom. The Bertz CT molecular complexity index is 1150. The van der Waals surface area contributed by atoms with Gasteiger partial charge in [0.15, 0.2) is 0 Å². The van der Waals surface area contributed by atoms with Crippen molar-refractivity contribution in [2.45, 2.75) is 70.7 Å². The molecule has 0 saturated carbocycles. The van der Waals surface area contributed by atoms with Gasteiger partial charge in [0.05, 0.1) is 30.6 Å². The van der Waals surface area contributed by atoms with Crippen LogP contribution in [0.15, 0.2) is 43.5 Å². The molecule has 3 saturated heterocycles. The van der Waals surface area contributed by atoms with Gasteiger partial charge in [-0.05, 0) is 49.8 Å². The van der Waals surface area contributed by atoms with Gasteiger partial charge in [-0.3, -0.25) is 14.4 Å². The third-order valence-electron chi connectivity index (χ3n) is 9.11.